The van der Waals surface area contributed by atoms with E-state index in [0.717, 1.165) is 30.3 Å². The standard InChI is InChI=1S/C20H26N2O2/c1-15(2)11-12-22-13-16-5-9-19(10-6-16)24-14-17-3-7-18(8-4-17)20(21)23/h3-10,15,22H,11-14H2,1-2H3,(H2,21,23). The molecule has 0 aliphatic rings. The molecule has 0 heterocycles. The van der Waals surface area contributed by atoms with Crippen LogP contribution in [0, 0.1) is 5.92 Å². The van der Waals surface area contributed by atoms with E-state index >= 15 is 0 Å². The van der Waals surface area contributed by atoms with E-state index in [9.17, 15) is 4.79 Å². The molecule has 0 bridgehead atoms. The summed E-state index contributed by atoms with van der Waals surface area (Å²) in [4.78, 5) is 11.0. The number of primary amides is 1. The smallest absolute Gasteiger partial charge is 0.248 e. The Labute approximate surface area is 144 Å². The average Bonchev–Trinajstić information content (AvgIpc) is 2.58. The van der Waals surface area contributed by atoms with E-state index in [4.69, 9.17) is 10.5 Å². The van der Waals surface area contributed by atoms with E-state index < -0.39 is 5.91 Å². The van der Waals surface area contributed by atoms with Gasteiger partial charge >= 0.3 is 0 Å². The number of amides is 1. The highest BCUT2D eigenvalue weighted by atomic mass is 16.5. The Kier molecular flexibility index (Phi) is 6.82. The maximum atomic E-state index is 11.0. The molecule has 0 saturated heterocycles. The van der Waals surface area contributed by atoms with E-state index in [2.05, 4.69) is 31.3 Å². The fourth-order valence-corrected chi connectivity index (χ4v) is 2.26. The van der Waals surface area contributed by atoms with Gasteiger partial charge in [-0.3, -0.25) is 4.79 Å². The van der Waals surface area contributed by atoms with E-state index in [1.54, 1.807) is 12.1 Å². The van der Waals surface area contributed by atoms with Crippen LogP contribution in [0.15, 0.2) is 48.5 Å². The molecular weight excluding hydrogens is 300 g/mol. The van der Waals surface area contributed by atoms with Gasteiger partial charge in [-0.2, -0.15) is 0 Å². The number of nitrogens with two attached hydrogens (primary N) is 1. The molecule has 0 spiro atoms. The van der Waals surface area contributed by atoms with Crippen molar-refractivity contribution in [1.82, 2.24) is 5.32 Å². The molecule has 4 heteroatoms. The van der Waals surface area contributed by atoms with Crippen molar-refractivity contribution in [2.75, 3.05) is 6.54 Å². The zero-order chi connectivity index (χ0) is 17.4. The summed E-state index contributed by atoms with van der Waals surface area (Å²) in [6.45, 7) is 6.84. The molecule has 0 fully saturated rings. The highest BCUT2D eigenvalue weighted by molar-refractivity contribution is 5.92. The number of nitrogens with one attached hydrogen (secondary N) is 1. The highest BCUT2D eigenvalue weighted by Gasteiger charge is 2.01. The lowest BCUT2D eigenvalue weighted by Crippen LogP contribution is -2.16. The van der Waals surface area contributed by atoms with Gasteiger partial charge in [-0.25, -0.2) is 0 Å². The van der Waals surface area contributed by atoms with Crippen LogP contribution >= 0.6 is 0 Å². The van der Waals surface area contributed by atoms with Crippen LogP contribution in [0.2, 0.25) is 0 Å². The van der Waals surface area contributed by atoms with Crippen LogP contribution in [0.1, 0.15) is 41.8 Å². The van der Waals surface area contributed by atoms with Gasteiger partial charge in [0.25, 0.3) is 0 Å². The van der Waals surface area contributed by atoms with Crippen molar-refractivity contribution >= 4 is 5.91 Å². The summed E-state index contributed by atoms with van der Waals surface area (Å²) in [6.07, 6.45) is 1.19. The predicted octanol–water partition coefficient (Wildman–Crippen LogP) is 3.50. The molecule has 0 aliphatic heterocycles. The quantitative estimate of drug-likeness (QED) is 0.693. The van der Waals surface area contributed by atoms with E-state index in [1.807, 2.05) is 24.3 Å². The van der Waals surface area contributed by atoms with E-state index in [1.165, 1.54) is 12.0 Å². The lowest BCUT2D eigenvalue weighted by Gasteiger charge is -2.09. The zero-order valence-corrected chi connectivity index (χ0v) is 14.4. The molecule has 0 aliphatic carbocycles. The lowest BCUT2D eigenvalue weighted by atomic mass is 10.1. The molecule has 1 amide bonds. The van der Waals surface area contributed by atoms with Crippen LogP contribution in [-0.4, -0.2) is 12.5 Å². The second-order valence-corrected chi connectivity index (χ2v) is 6.35. The fourth-order valence-electron chi connectivity index (χ4n) is 2.26. The number of ether oxygens (including phenoxy) is 1. The fraction of sp³-hybridized carbons (Fsp3) is 0.350. The minimum Gasteiger partial charge on any atom is -0.489 e. The van der Waals surface area contributed by atoms with Crippen molar-refractivity contribution in [3.8, 4) is 5.75 Å². The number of rotatable bonds is 9. The van der Waals surface area contributed by atoms with Gasteiger partial charge in [-0.05, 0) is 54.3 Å². The molecule has 128 valence electrons. The molecule has 0 atom stereocenters. The van der Waals surface area contributed by atoms with Gasteiger partial charge in [0.2, 0.25) is 5.91 Å². The van der Waals surface area contributed by atoms with Gasteiger partial charge in [-0.1, -0.05) is 38.1 Å². The van der Waals surface area contributed by atoms with Crippen molar-refractivity contribution in [2.24, 2.45) is 11.7 Å². The monoisotopic (exact) mass is 326 g/mol. The molecule has 3 N–H and O–H groups in total. The highest BCUT2D eigenvalue weighted by Crippen LogP contribution is 2.15. The van der Waals surface area contributed by atoms with Crippen LogP contribution in [0.5, 0.6) is 5.75 Å². The summed E-state index contributed by atoms with van der Waals surface area (Å²) < 4.78 is 5.77. The first kappa shape index (κ1) is 18.0. The number of benzene rings is 2. The van der Waals surface area contributed by atoms with Crippen molar-refractivity contribution in [2.45, 2.75) is 33.4 Å². The molecular formula is C20H26N2O2. The third kappa shape index (κ3) is 6.05. The summed E-state index contributed by atoms with van der Waals surface area (Å²) in [5.41, 5.74) is 7.98. The molecule has 0 unspecified atom stereocenters. The average molecular weight is 326 g/mol. The van der Waals surface area contributed by atoms with Gasteiger partial charge in [0.15, 0.2) is 0 Å². The molecule has 0 saturated carbocycles. The Morgan fingerprint density at radius 1 is 1.04 bits per heavy atom. The van der Waals surface area contributed by atoms with Crippen LogP contribution in [0.3, 0.4) is 0 Å². The third-order valence-electron chi connectivity index (χ3n) is 3.79. The second kappa shape index (κ2) is 9.08. The third-order valence-corrected chi connectivity index (χ3v) is 3.79. The van der Waals surface area contributed by atoms with Gasteiger partial charge in [0, 0.05) is 12.1 Å². The summed E-state index contributed by atoms with van der Waals surface area (Å²) >= 11 is 0. The first-order valence-electron chi connectivity index (χ1n) is 8.36. The molecule has 2 aromatic carbocycles. The molecule has 0 aromatic heterocycles. The Morgan fingerprint density at radius 2 is 1.67 bits per heavy atom. The molecule has 24 heavy (non-hydrogen) atoms. The van der Waals surface area contributed by atoms with Crippen LogP contribution in [0.4, 0.5) is 0 Å². The number of carbonyl (C=O) groups excluding carboxylic acids is 1. The van der Waals surface area contributed by atoms with E-state index in [-0.39, 0.29) is 0 Å². The summed E-state index contributed by atoms with van der Waals surface area (Å²) in [5, 5.41) is 3.45. The van der Waals surface area contributed by atoms with Crippen LogP contribution in [-0.2, 0) is 13.2 Å². The van der Waals surface area contributed by atoms with Crippen molar-refractivity contribution < 1.29 is 9.53 Å². The predicted molar refractivity (Wildman–Crippen MR) is 96.9 cm³/mol. The SMILES string of the molecule is CC(C)CCNCc1ccc(OCc2ccc(C(N)=O)cc2)cc1. The summed E-state index contributed by atoms with van der Waals surface area (Å²) in [5.74, 6) is 1.14. The van der Waals surface area contributed by atoms with Crippen molar-refractivity contribution in [3.05, 3.63) is 65.2 Å². The summed E-state index contributed by atoms with van der Waals surface area (Å²) in [6, 6.07) is 15.3. The van der Waals surface area contributed by atoms with Gasteiger partial charge in [0.1, 0.15) is 12.4 Å². The Bertz CT molecular complexity index is 634. The van der Waals surface area contributed by atoms with Gasteiger partial charge in [-0.15, -0.1) is 0 Å². The molecule has 2 rings (SSSR count). The number of hydrogen-bond donors (Lipinski definition) is 2. The van der Waals surface area contributed by atoms with Gasteiger partial charge in [0.05, 0.1) is 0 Å². The Morgan fingerprint density at radius 3 is 2.25 bits per heavy atom. The minimum atomic E-state index is -0.417. The molecule has 2 aromatic rings. The van der Waals surface area contributed by atoms with Crippen molar-refractivity contribution in [3.63, 3.8) is 0 Å². The first-order chi connectivity index (χ1) is 11.5. The zero-order valence-electron chi connectivity index (χ0n) is 14.4. The van der Waals surface area contributed by atoms with Crippen LogP contribution < -0.4 is 15.8 Å². The maximum Gasteiger partial charge on any atom is 0.248 e. The summed E-state index contributed by atoms with van der Waals surface area (Å²) in [7, 11) is 0. The Balaban J connectivity index is 1.78. The molecule has 4 nitrogen and oxygen atoms in total. The van der Waals surface area contributed by atoms with Gasteiger partial charge < -0.3 is 15.8 Å². The van der Waals surface area contributed by atoms with E-state index in [0.29, 0.717) is 12.2 Å². The number of hydrogen-bond acceptors (Lipinski definition) is 3. The maximum absolute atomic E-state index is 11.0. The topological polar surface area (TPSA) is 64.3 Å². The van der Waals surface area contributed by atoms with Crippen molar-refractivity contribution in [1.29, 1.82) is 0 Å². The largest absolute Gasteiger partial charge is 0.489 e. The number of carbonyl (C=O) groups is 1. The second-order valence-electron chi connectivity index (χ2n) is 6.35. The Hall–Kier alpha value is -2.33. The first-order valence-corrected chi connectivity index (χ1v) is 8.36. The van der Waals surface area contributed by atoms with Crippen LogP contribution in [0.25, 0.3) is 0 Å². The molecule has 0 radical (unpaired) electrons. The lowest BCUT2D eigenvalue weighted by molar-refractivity contribution is 0.1000. The normalized spacial score (nSPS) is 10.8. The minimum absolute atomic E-state index is 0.417.